The molecule has 0 fully saturated rings. The van der Waals surface area contributed by atoms with Crippen LogP contribution in [-0.4, -0.2) is 5.11 Å². The summed E-state index contributed by atoms with van der Waals surface area (Å²) in [5.41, 5.74) is 7.34. The number of phenols is 1. The Kier molecular flexibility index (Phi) is 4.74. The van der Waals surface area contributed by atoms with E-state index in [1.54, 1.807) is 26.8 Å². The van der Waals surface area contributed by atoms with Crippen LogP contribution >= 0.6 is 12.4 Å². The Bertz CT molecular complexity index is 941. The van der Waals surface area contributed by atoms with Crippen molar-refractivity contribution in [3.63, 3.8) is 0 Å². The van der Waals surface area contributed by atoms with Gasteiger partial charge in [-0.05, 0) is 32.9 Å². The molecule has 0 unspecified atom stereocenters. The maximum atomic E-state index is 12.7. The minimum Gasteiger partial charge on any atom is -0.507 e. The molecular weight excluding hydrogens is 326 g/mol. The lowest BCUT2D eigenvalue weighted by molar-refractivity contribution is 0.437. The van der Waals surface area contributed by atoms with Crippen molar-refractivity contribution in [1.29, 1.82) is 0 Å². The van der Waals surface area contributed by atoms with Crippen LogP contribution in [0, 0.1) is 6.92 Å². The van der Waals surface area contributed by atoms with E-state index < -0.39 is 5.54 Å². The van der Waals surface area contributed by atoms with Crippen LogP contribution in [0.15, 0.2) is 51.7 Å². The second kappa shape index (κ2) is 6.30. The predicted octanol–water partition coefficient (Wildman–Crippen LogP) is 4.09. The Morgan fingerprint density at radius 1 is 1.08 bits per heavy atom. The van der Waals surface area contributed by atoms with E-state index in [0.717, 1.165) is 5.56 Å². The van der Waals surface area contributed by atoms with Gasteiger partial charge in [0.1, 0.15) is 17.1 Å². The van der Waals surface area contributed by atoms with Gasteiger partial charge in [0.2, 0.25) is 0 Å². The topological polar surface area (TPSA) is 76.5 Å². The molecule has 0 saturated carbocycles. The van der Waals surface area contributed by atoms with Gasteiger partial charge in [-0.2, -0.15) is 0 Å². The van der Waals surface area contributed by atoms with Crippen LogP contribution in [0.5, 0.6) is 5.75 Å². The molecule has 2 aromatic carbocycles. The monoisotopic (exact) mass is 345 g/mol. The van der Waals surface area contributed by atoms with Crippen molar-refractivity contribution < 1.29 is 9.52 Å². The molecular formula is C19H20ClNO3. The maximum Gasteiger partial charge on any atom is 0.196 e. The molecule has 3 aromatic rings. The minimum absolute atomic E-state index is 0. The Labute approximate surface area is 146 Å². The fourth-order valence-electron chi connectivity index (χ4n) is 2.83. The molecule has 0 spiro atoms. The first-order valence-corrected chi connectivity index (χ1v) is 7.45. The number of fused-ring (bicyclic) bond motifs is 1. The smallest absolute Gasteiger partial charge is 0.196 e. The molecule has 1 aromatic heterocycles. The van der Waals surface area contributed by atoms with Crippen LogP contribution in [0.4, 0.5) is 0 Å². The van der Waals surface area contributed by atoms with E-state index in [1.165, 1.54) is 6.07 Å². The van der Waals surface area contributed by atoms with E-state index in [0.29, 0.717) is 27.9 Å². The van der Waals surface area contributed by atoms with Crippen molar-refractivity contribution in [3.8, 4) is 17.1 Å². The van der Waals surface area contributed by atoms with Gasteiger partial charge in [0.15, 0.2) is 5.43 Å². The van der Waals surface area contributed by atoms with Gasteiger partial charge >= 0.3 is 0 Å². The molecule has 3 N–H and O–H groups in total. The molecule has 1 heterocycles. The van der Waals surface area contributed by atoms with E-state index in [2.05, 4.69) is 0 Å². The van der Waals surface area contributed by atoms with Crippen LogP contribution in [0.1, 0.15) is 25.0 Å². The summed E-state index contributed by atoms with van der Waals surface area (Å²) in [7, 11) is 0. The molecule has 0 bridgehead atoms. The quantitative estimate of drug-likeness (QED) is 0.733. The normalized spacial score (nSPS) is 11.3. The number of benzene rings is 2. The highest BCUT2D eigenvalue weighted by atomic mass is 35.5. The van der Waals surface area contributed by atoms with Crippen molar-refractivity contribution >= 4 is 23.4 Å². The molecule has 0 amide bonds. The molecule has 4 nitrogen and oxygen atoms in total. The highest BCUT2D eigenvalue weighted by Gasteiger charge is 2.25. The predicted molar refractivity (Wildman–Crippen MR) is 98.8 cm³/mol. The molecule has 126 valence electrons. The van der Waals surface area contributed by atoms with E-state index >= 15 is 0 Å². The zero-order chi connectivity index (χ0) is 16.8. The largest absolute Gasteiger partial charge is 0.507 e. The van der Waals surface area contributed by atoms with E-state index in [-0.39, 0.29) is 23.6 Å². The standard InChI is InChI=1S/C19H19NO3.ClH/c1-11-16(22)13-9-10-14(21)15(19(2,3)20)18(13)23-17(11)12-7-5-4-6-8-12;/h4-10,21H,20H2,1-3H3;1H. The van der Waals surface area contributed by atoms with Gasteiger partial charge in [0, 0.05) is 16.7 Å². The molecule has 3 rings (SSSR count). The van der Waals surface area contributed by atoms with Crippen molar-refractivity contribution in [2.45, 2.75) is 26.3 Å². The van der Waals surface area contributed by atoms with Crippen molar-refractivity contribution in [1.82, 2.24) is 0 Å². The molecule has 0 aliphatic rings. The zero-order valence-corrected chi connectivity index (χ0v) is 14.6. The number of halogens is 1. The van der Waals surface area contributed by atoms with Gasteiger partial charge in [-0.25, -0.2) is 0 Å². The zero-order valence-electron chi connectivity index (χ0n) is 13.8. The SMILES string of the molecule is Cc1c(-c2ccccc2)oc2c(C(C)(C)N)c(O)ccc2c1=O.Cl. The van der Waals surface area contributed by atoms with Crippen molar-refractivity contribution in [2.24, 2.45) is 5.73 Å². The lowest BCUT2D eigenvalue weighted by Gasteiger charge is -2.22. The highest BCUT2D eigenvalue weighted by Crippen LogP contribution is 2.36. The van der Waals surface area contributed by atoms with E-state index in [1.807, 2.05) is 30.3 Å². The third-order valence-electron chi connectivity index (χ3n) is 3.95. The fourth-order valence-corrected chi connectivity index (χ4v) is 2.83. The van der Waals surface area contributed by atoms with Crippen LogP contribution in [0.2, 0.25) is 0 Å². The molecule has 0 saturated heterocycles. The Hall–Kier alpha value is -2.30. The summed E-state index contributed by atoms with van der Waals surface area (Å²) in [6.07, 6.45) is 0. The third kappa shape index (κ3) is 2.90. The van der Waals surface area contributed by atoms with Crippen LogP contribution in [0.25, 0.3) is 22.3 Å². The molecule has 0 aliphatic carbocycles. The summed E-state index contributed by atoms with van der Waals surface area (Å²) in [5.74, 6) is 0.523. The van der Waals surface area contributed by atoms with Gasteiger partial charge < -0.3 is 15.3 Å². The van der Waals surface area contributed by atoms with Crippen LogP contribution in [-0.2, 0) is 5.54 Å². The highest BCUT2D eigenvalue weighted by molar-refractivity contribution is 5.86. The second-order valence-electron chi connectivity index (χ2n) is 6.31. The van der Waals surface area contributed by atoms with Gasteiger partial charge in [0.25, 0.3) is 0 Å². The van der Waals surface area contributed by atoms with Crippen LogP contribution in [0.3, 0.4) is 0 Å². The first kappa shape index (κ1) is 18.0. The molecule has 5 heteroatoms. The first-order valence-electron chi connectivity index (χ1n) is 7.45. The first-order chi connectivity index (χ1) is 10.8. The van der Waals surface area contributed by atoms with E-state index in [4.69, 9.17) is 10.2 Å². The van der Waals surface area contributed by atoms with Gasteiger partial charge in [-0.15, -0.1) is 12.4 Å². The Morgan fingerprint density at radius 2 is 1.71 bits per heavy atom. The lowest BCUT2D eigenvalue weighted by atomic mass is 9.92. The van der Waals surface area contributed by atoms with Crippen LogP contribution < -0.4 is 11.2 Å². The lowest BCUT2D eigenvalue weighted by Crippen LogP contribution is -2.29. The van der Waals surface area contributed by atoms with Crippen molar-refractivity contribution in [3.05, 3.63) is 63.8 Å². The summed E-state index contributed by atoms with van der Waals surface area (Å²) in [6, 6.07) is 12.5. The van der Waals surface area contributed by atoms with E-state index in [9.17, 15) is 9.90 Å². The average molecular weight is 346 g/mol. The fraction of sp³-hybridized carbons (Fsp3) is 0.211. The van der Waals surface area contributed by atoms with Gasteiger partial charge in [-0.3, -0.25) is 4.79 Å². The number of hydrogen-bond donors (Lipinski definition) is 2. The maximum absolute atomic E-state index is 12.7. The number of nitrogens with two attached hydrogens (primary N) is 1. The molecule has 0 atom stereocenters. The van der Waals surface area contributed by atoms with Gasteiger partial charge in [0.05, 0.1) is 10.9 Å². The van der Waals surface area contributed by atoms with Crippen molar-refractivity contribution in [2.75, 3.05) is 0 Å². The average Bonchev–Trinajstić information content (AvgIpc) is 2.50. The summed E-state index contributed by atoms with van der Waals surface area (Å²) in [5, 5.41) is 10.6. The number of aromatic hydroxyl groups is 1. The number of phenolic OH excluding ortho intramolecular Hbond substituents is 1. The summed E-state index contributed by atoms with van der Waals surface area (Å²) in [6.45, 7) is 5.28. The molecule has 24 heavy (non-hydrogen) atoms. The Balaban J connectivity index is 0.00000208. The summed E-state index contributed by atoms with van der Waals surface area (Å²) in [4.78, 5) is 12.7. The number of hydrogen-bond acceptors (Lipinski definition) is 4. The van der Waals surface area contributed by atoms with Gasteiger partial charge in [-0.1, -0.05) is 30.3 Å². The number of rotatable bonds is 2. The Morgan fingerprint density at radius 3 is 2.29 bits per heavy atom. The summed E-state index contributed by atoms with van der Waals surface area (Å²) < 4.78 is 6.06. The second-order valence-corrected chi connectivity index (χ2v) is 6.31. The summed E-state index contributed by atoms with van der Waals surface area (Å²) >= 11 is 0. The third-order valence-corrected chi connectivity index (χ3v) is 3.95. The minimum atomic E-state index is -0.844. The molecule has 0 radical (unpaired) electrons. The molecule has 0 aliphatic heterocycles.